The van der Waals surface area contributed by atoms with Gasteiger partial charge in [-0.25, -0.2) is 0 Å². The van der Waals surface area contributed by atoms with Crippen LogP contribution in [-0.2, 0) is 19.1 Å². The van der Waals surface area contributed by atoms with Crippen molar-refractivity contribution in [1.29, 1.82) is 0 Å². The van der Waals surface area contributed by atoms with Crippen molar-refractivity contribution in [2.24, 2.45) is 0 Å². The van der Waals surface area contributed by atoms with Gasteiger partial charge < -0.3 is 29.5 Å². The van der Waals surface area contributed by atoms with Gasteiger partial charge in [-0.05, 0) is 38.7 Å². The normalized spacial score (nSPS) is 26.1. The molecule has 1 aromatic rings. The molecule has 0 saturated carbocycles. The van der Waals surface area contributed by atoms with E-state index in [1.165, 1.54) is 7.11 Å². The Labute approximate surface area is 158 Å². The van der Waals surface area contributed by atoms with Gasteiger partial charge in [-0.3, -0.25) is 9.59 Å². The number of carbonyl (C=O) groups is 2. The molecule has 1 amide bonds. The molecule has 2 aliphatic rings. The first-order valence-electron chi connectivity index (χ1n) is 8.99. The summed E-state index contributed by atoms with van der Waals surface area (Å²) in [5, 5.41) is 12.6. The molecule has 0 unspecified atom stereocenters. The van der Waals surface area contributed by atoms with E-state index >= 15 is 0 Å². The van der Waals surface area contributed by atoms with E-state index in [0.29, 0.717) is 18.7 Å². The van der Waals surface area contributed by atoms with Crippen molar-refractivity contribution in [3.8, 4) is 5.75 Å². The monoisotopic (exact) mass is 378 g/mol. The molecule has 4 atom stereocenters. The maximum Gasteiger partial charge on any atom is 0.308 e. The number of rotatable bonds is 6. The topological polar surface area (TPSA) is 97.3 Å². The van der Waals surface area contributed by atoms with Crippen molar-refractivity contribution in [2.75, 3.05) is 39.7 Å². The Hall–Kier alpha value is -2.16. The van der Waals surface area contributed by atoms with Crippen LogP contribution in [0.3, 0.4) is 0 Å². The Bertz CT molecular complexity index is 707. The van der Waals surface area contributed by atoms with Gasteiger partial charge in [0.05, 0.1) is 32.8 Å². The smallest absolute Gasteiger partial charge is 0.308 e. The van der Waals surface area contributed by atoms with Crippen molar-refractivity contribution in [3.05, 3.63) is 23.8 Å². The van der Waals surface area contributed by atoms with E-state index in [2.05, 4.69) is 5.32 Å². The molecule has 0 bridgehead atoms. The highest BCUT2D eigenvalue weighted by Crippen LogP contribution is 2.47. The Morgan fingerprint density at radius 2 is 2.15 bits per heavy atom. The molecule has 27 heavy (non-hydrogen) atoms. The second kappa shape index (κ2) is 8.24. The number of hydrogen-bond acceptors (Lipinski definition) is 7. The fourth-order valence-electron chi connectivity index (χ4n) is 3.72. The van der Waals surface area contributed by atoms with Gasteiger partial charge in [-0.15, -0.1) is 0 Å². The zero-order chi connectivity index (χ0) is 19.6. The Kier molecular flexibility index (Phi) is 5.98. The SMILES string of the molecule is COC(=O)C[C@H]1C[C@@H]2c3cc(NC(=O)CN(C)C)ccc3O[C@@H]2[C@@H](CO)O1. The molecule has 2 heterocycles. The third-order valence-corrected chi connectivity index (χ3v) is 4.86. The number of ether oxygens (including phenoxy) is 3. The van der Waals surface area contributed by atoms with Crippen LogP contribution in [0.2, 0.25) is 0 Å². The molecule has 2 N–H and O–H groups in total. The number of methoxy groups -OCH3 is 1. The lowest BCUT2D eigenvalue weighted by Crippen LogP contribution is -2.46. The molecule has 0 radical (unpaired) electrons. The fraction of sp³-hybridized carbons (Fsp3) is 0.579. The molecule has 148 valence electrons. The molecule has 0 spiro atoms. The molecule has 1 fully saturated rings. The minimum atomic E-state index is -0.516. The molecule has 8 nitrogen and oxygen atoms in total. The third-order valence-electron chi connectivity index (χ3n) is 4.86. The molecule has 2 aliphatic heterocycles. The lowest BCUT2D eigenvalue weighted by Gasteiger charge is -2.36. The van der Waals surface area contributed by atoms with Crippen molar-refractivity contribution in [3.63, 3.8) is 0 Å². The Morgan fingerprint density at radius 3 is 2.81 bits per heavy atom. The molecular formula is C19H26N2O6. The van der Waals surface area contributed by atoms with Crippen molar-refractivity contribution in [1.82, 2.24) is 4.90 Å². The summed E-state index contributed by atoms with van der Waals surface area (Å²) in [7, 11) is 5.01. The highest BCUT2D eigenvalue weighted by Gasteiger charge is 2.46. The van der Waals surface area contributed by atoms with Gasteiger partial charge in [-0.2, -0.15) is 0 Å². The average molecular weight is 378 g/mol. The zero-order valence-electron chi connectivity index (χ0n) is 15.8. The van der Waals surface area contributed by atoms with Crippen molar-refractivity contribution >= 4 is 17.6 Å². The van der Waals surface area contributed by atoms with Gasteiger partial charge in [0, 0.05) is 17.2 Å². The second-order valence-electron chi connectivity index (χ2n) is 7.22. The van der Waals surface area contributed by atoms with Crippen LogP contribution < -0.4 is 10.1 Å². The van der Waals surface area contributed by atoms with Crippen LogP contribution in [0.4, 0.5) is 5.69 Å². The number of likely N-dealkylation sites (N-methyl/N-ethyl adjacent to an activating group) is 1. The minimum absolute atomic E-state index is 0.0220. The lowest BCUT2D eigenvalue weighted by molar-refractivity contribution is -0.156. The van der Waals surface area contributed by atoms with Crippen LogP contribution in [0.25, 0.3) is 0 Å². The van der Waals surface area contributed by atoms with Gasteiger partial charge in [-0.1, -0.05) is 0 Å². The predicted molar refractivity (Wildman–Crippen MR) is 97.8 cm³/mol. The van der Waals surface area contributed by atoms with Gasteiger partial charge in [0.15, 0.2) is 0 Å². The number of nitrogens with one attached hydrogen (secondary N) is 1. The van der Waals surface area contributed by atoms with E-state index in [1.807, 2.05) is 26.2 Å². The number of carbonyl (C=O) groups excluding carboxylic acids is 2. The molecule has 8 heteroatoms. The van der Waals surface area contributed by atoms with E-state index in [9.17, 15) is 14.7 Å². The van der Waals surface area contributed by atoms with E-state index < -0.39 is 6.10 Å². The molecular weight excluding hydrogens is 352 g/mol. The van der Waals surface area contributed by atoms with Crippen LogP contribution in [0.15, 0.2) is 18.2 Å². The van der Waals surface area contributed by atoms with Crippen LogP contribution in [0.1, 0.15) is 24.3 Å². The highest BCUT2D eigenvalue weighted by atomic mass is 16.6. The first-order valence-corrected chi connectivity index (χ1v) is 8.99. The van der Waals surface area contributed by atoms with Crippen LogP contribution in [0.5, 0.6) is 5.75 Å². The number of fused-ring (bicyclic) bond motifs is 3. The largest absolute Gasteiger partial charge is 0.487 e. The molecule has 1 saturated heterocycles. The number of aliphatic hydroxyl groups is 1. The maximum absolute atomic E-state index is 12.0. The van der Waals surface area contributed by atoms with Gasteiger partial charge >= 0.3 is 5.97 Å². The Morgan fingerprint density at radius 1 is 1.37 bits per heavy atom. The summed E-state index contributed by atoms with van der Waals surface area (Å²) in [6, 6.07) is 5.52. The third kappa shape index (κ3) is 4.40. The predicted octanol–water partition coefficient (Wildman–Crippen LogP) is 0.744. The quantitative estimate of drug-likeness (QED) is 0.705. The summed E-state index contributed by atoms with van der Waals surface area (Å²) in [4.78, 5) is 25.4. The first-order chi connectivity index (χ1) is 12.9. The molecule has 3 rings (SSSR count). The summed E-state index contributed by atoms with van der Waals surface area (Å²) in [5.41, 5.74) is 1.65. The standard InChI is InChI=1S/C19H26N2O6/c1-21(2)9-17(23)20-11-4-5-15-13(6-11)14-7-12(8-18(24)25-3)26-16(10-22)19(14)27-15/h4-6,12,14,16,19,22H,7-10H2,1-3H3,(H,20,23)/t12-,14-,16-,19+/m1/s1. The second-order valence-corrected chi connectivity index (χ2v) is 7.22. The Balaban J connectivity index is 1.78. The molecule has 0 aliphatic carbocycles. The summed E-state index contributed by atoms with van der Waals surface area (Å²) < 4.78 is 16.6. The number of benzene rings is 1. The lowest BCUT2D eigenvalue weighted by atomic mass is 9.84. The summed E-state index contributed by atoms with van der Waals surface area (Å²) >= 11 is 0. The molecule has 0 aromatic heterocycles. The number of aliphatic hydroxyl groups excluding tert-OH is 1. The van der Waals surface area contributed by atoms with Crippen molar-refractivity contribution < 1.29 is 28.9 Å². The average Bonchev–Trinajstić information content (AvgIpc) is 2.98. The van der Waals surface area contributed by atoms with E-state index in [-0.39, 0.29) is 43.0 Å². The summed E-state index contributed by atoms with van der Waals surface area (Å²) in [5.74, 6) is 0.251. The minimum Gasteiger partial charge on any atom is -0.487 e. The van der Waals surface area contributed by atoms with Gasteiger partial charge in [0.1, 0.15) is 18.0 Å². The van der Waals surface area contributed by atoms with Crippen LogP contribution >= 0.6 is 0 Å². The van der Waals surface area contributed by atoms with E-state index in [4.69, 9.17) is 14.2 Å². The number of esters is 1. The van der Waals surface area contributed by atoms with E-state index in [1.54, 1.807) is 11.0 Å². The number of anilines is 1. The summed E-state index contributed by atoms with van der Waals surface area (Å²) in [6.45, 7) is 0.0977. The summed E-state index contributed by atoms with van der Waals surface area (Å²) in [6.07, 6.45) is -0.468. The highest BCUT2D eigenvalue weighted by molar-refractivity contribution is 5.92. The molecule has 1 aromatic carbocycles. The van der Waals surface area contributed by atoms with E-state index in [0.717, 1.165) is 11.3 Å². The van der Waals surface area contributed by atoms with Gasteiger partial charge in [0.25, 0.3) is 0 Å². The fourth-order valence-corrected chi connectivity index (χ4v) is 3.72. The number of amides is 1. The van der Waals surface area contributed by atoms with Crippen LogP contribution in [-0.4, -0.2) is 74.6 Å². The van der Waals surface area contributed by atoms with Crippen molar-refractivity contribution in [2.45, 2.75) is 37.1 Å². The number of nitrogens with zero attached hydrogens (tertiary/aromatic N) is 1. The van der Waals surface area contributed by atoms with Crippen LogP contribution in [0, 0.1) is 0 Å². The van der Waals surface area contributed by atoms with Gasteiger partial charge in [0.2, 0.25) is 5.91 Å². The maximum atomic E-state index is 12.0. The number of hydrogen-bond donors (Lipinski definition) is 2. The first kappa shape index (κ1) is 19.6. The zero-order valence-corrected chi connectivity index (χ0v) is 15.8.